The van der Waals surface area contributed by atoms with Crippen LogP contribution >= 0.6 is 0 Å². The van der Waals surface area contributed by atoms with Gasteiger partial charge in [0.2, 0.25) is 0 Å². The number of carbonyl (C=O) groups excluding carboxylic acids is 1. The largest absolute Gasteiger partial charge is 0.480 e. The number of hydrogen-bond acceptors (Lipinski definition) is 6. The van der Waals surface area contributed by atoms with Crippen molar-refractivity contribution in [1.82, 2.24) is 15.3 Å². The van der Waals surface area contributed by atoms with Gasteiger partial charge in [-0.2, -0.15) is 0 Å². The summed E-state index contributed by atoms with van der Waals surface area (Å²) in [7, 11) is 0. The average Bonchev–Trinajstić information content (AvgIpc) is 2.67. The molecule has 0 saturated carbocycles. The number of carbonyl (C=O) groups is 2. The van der Waals surface area contributed by atoms with Crippen molar-refractivity contribution in [3.8, 4) is 11.6 Å². The van der Waals surface area contributed by atoms with Gasteiger partial charge < -0.3 is 20.5 Å². The molecule has 2 aromatic carbocycles. The minimum absolute atomic E-state index is 0.252. The van der Waals surface area contributed by atoms with Gasteiger partial charge in [0, 0.05) is 11.1 Å². The highest BCUT2D eigenvalue weighted by molar-refractivity contribution is 5.96. The molecule has 0 unspecified atom stereocenters. The number of ether oxygens (including phenoxy) is 1. The molecule has 3 aromatic rings. The lowest BCUT2D eigenvalue weighted by Gasteiger charge is -2.22. The summed E-state index contributed by atoms with van der Waals surface area (Å²) in [6, 6.07) is 12.9. The molecule has 0 fully saturated rings. The van der Waals surface area contributed by atoms with Crippen molar-refractivity contribution in [2.75, 3.05) is 5.32 Å². The van der Waals surface area contributed by atoms with E-state index in [-0.39, 0.29) is 5.54 Å². The third-order valence-electron chi connectivity index (χ3n) is 4.08. The number of amides is 1. The number of hydrogen-bond donors (Lipinski definition) is 3. The predicted octanol–water partition coefficient (Wildman–Crippen LogP) is 3.84. The van der Waals surface area contributed by atoms with Crippen LogP contribution in [0.2, 0.25) is 0 Å². The normalized spacial score (nSPS) is 12.3. The van der Waals surface area contributed by atoms with Gasteiger partial charge in [-0.05, 0) is 64.1 Å². The molecule has 0 saturated heterocycles. The van der Waals surface area contributed by atoms with Gasteiger partial charge in [0.15, 0.2) is 5.82 Å². The maximum absolute atomic E-state index is 12.1. The second kappa shape index (κ2) is 8.36. The number of benzene rings is 2. The van der Waals surface area contributed by atoms with E-state index in [1.54, 1.807) is 24.3 Å². The molecule has 0 aliphatic heterocycles. The monoisotopic (exact) mass is 408 g/mol. The third kappa shape index (κ3) is 5.22. The second-order valence-electron chi connectivity index (χ2n) is 7.90. The Morgan fingerprint density at radius 1 is 1.00 bits per heavy atom. The zero-order chi connectivity index (χ0) is 21.9. The Labute approximate surface area is 174 Å². The molecule has 1 aromatic heterocycles. The number of nitrogens with one attached hydrogen (secondary N) is 2. The fourth-order valence-electron chi connectivity index (χ4n) is 2.62. The SMILES string of the molecule is C[C@H](NC(=O)c1ccc(Oc2nc3ccccc3nc2NC(C)(C)C)cc1)C(=O)O. The van der Waals surface area contributed by atoms with E-state index < -0.39 is 17.9 Å². The van der Waals surface area contributed by atoms with Crippen LogP contribution in [0, 0.1) is 0 Å². The van der Waals surface area contributed by atoms with Crippen LogP contribution in [0.1, 0.15) is 38.1 Å². The van der Waals surface area contributed by atoms with Crippen molar-refractivity contribution < 1.29 is 19.4 Å². The molecule has 0 aliphatic carbocycles. The molecule has 8 heteroatoms. The minimum atomic E-state index is -1.10. The molecule has 3 rings (SSSR count). The third-order valence-corrected chi connectivity index (χ3v) is 4.08. The van der Waals surface area contributed by atoms with Crippen LogP contribution in [-0.2, 0) is 4.79 Å². The molecule has 0 aliphatic rings. The molecule has 0 bridgehead atoms. The second-order valence-corrected chi connectivity index (χ2v) is 7.90. The Hall–Kier alpha value is -3.68. The lowest BCUT2D eigenvalue weighted by atomic mass is 10.1. The van der Waals surface area contributed by atoms with Gasteiger partial charge in [0.25, 0.3) is 11.8 Å². The van der Waals surface area contributed by atoms with E-state index in [2.05, 4.69) is 20.6 Å². The van der Waals surface area contributed by atoms with E-state index in [1.807, 2.05) is 45.0 Å². The summed E-state index contributed by atoms with van der Waals surface area (Å²) in [5.74, 6) is -0.271. The summed E-state index contributed by atoms with van der Waals surface area (Å²) in [4.78, 5) is 32.2. The van der Waals surface area contributed by atoms with E-state index in [1.165, 1.54) is 6.92 Å². The van der Waals surface area contributed by atoms with Gasteiger partial charge in [-0.25, -0.2) is 9.97 Å². The van der Waals surface area contributed by atoms with Crippen molar-refractivity contribution in [1.29, 1.82) is 0 Å². The maximum atomic E-state index is 12.1. The number of anilines is 1. The lowest BCUT2D eigenvalue weighted by molar-refractivity contribution is -0.138. The number of carboxylic acids is 1. The summed E-state index contributed by atoms with van der Waals surface area (Å²) in [6.45, 7) is 7.44. The van der Waals surface area contributed by atoms with Crippen LogP contribution in [0.15, 0.2) is 48.5 Å². The lowest BCUT2D eigenvalue weighted by Crippen LogP contribution is -2.38. The van der Waals surface area contributed by atoms with Gasteiger partial charge in [0.1, 0.15) is 11.8 Å². The van der Waals surface area contributed by atoms with E-state index in [9.17, 15) is 9.59 Å². The standard InChI is InChI=1S/C22H24N4O4/c1-13(21(28)29)23-19(27)14-9-11-15(12-10-14)30-20-18(26-22(2,3)4)24-16-7-5-6-8-17(16)25-20/h5-13H,1-4H3,(H,23,27)(H,24,26)(H,28,29)/t13-/m0/s1. The highest BCUT2D eigenvalue weighted by Crippen LogP contribution is 2.30. The first-order valence-electron chi connectivity index (χ1n) is 9.49. The molecule has 30 heavy (non-hydrogen) atoms. The Kier molecular flexibility index (Phi) is 5.86. The minimum Gasteiger partial charge on any atom is -0.480 e. The summed E-state index contributed by atoms with van der Waals surface area (Å²) in [5, 5.41) is 14.6. The number of aliphatic carboxylic acids is 1. The van der Waals surface area contributed by atoms with Crippen LogP contribution in [-0.4, -0.2) is 38.5 Å². The Morgan fingerprint density at radius 2 is 1.60 bits per heavy atom. The molecule has 1 atom stereocenters. The van der Waals surface area contributed by atoms with Gasteiger partial charge in [-0.1, -0.05) is 12.1 Å². The Balaban J connectivity index is 1.85. The highest BCUT2D eigenvalue weighted by atomic mass is 16.5. The number of fused-ring (bicyclic) bond motifs is 1. The van der Waals surface area contributed by atoms with Crippen molar-refractivity contribution in [2.45, 2.75) is 39.3 Å². The molecule has 3 N–H and O–H groups in total. The summed E-state index contributed by atoms with van der Waals surface area (Å²) in [6.07, 6.45) is 0. The first kappa shape index (κ1) is 21.0. The summed E-state index contributed by atoms with van der Waals surface area (Å²) >= 11 is 0. The van der Waals surface area contributed by atoms with E-state index in [4.69, 9.17) is 9.84 Å². The number of carboxylic acid groups (broad SMARTS) is 1. The molecule has 1 heterocycles. The van der Waals surface area contributed by atoms with E-state index in [0.29, 0.717) is 28.5 Å². The quantitative estimate of drug-likeness (QED) is 0.568. The summed E-state index contributed by atoms with van der Waals surface area (Å²) < 4.78 is 5.96. The predicted molar refractivity (Wildman–Crippen MR) is 114 cm³/mol. The Bertz CT molecular complexity index is 1070. The molecule has 0 radical (unpaired) electrons. The first-order valence-corrected chi connectivity index (χ1v) is 9.49. The molecular formula is C22H24N4O4. The fourth-order valence-corrected chi connectivity index (χ4v) is 2.62. The van der Waals surface area contributed by atoms with E-state index >= 15 is 0 Å². The maximum Gasteiger partial charge on any atom is 0.325 e. The zero-order valence-electron chi connectivity index (χ0n) is 17.3. The van der Waals surface area contributed by atoms with Crippen molar-refractivity contribution in [2.24, 2.45) is 0 Å². The molecular weight excluding hydrogens is 384 g/mol. The van der Waals surface area contributed by atoms with Crippen LogP contribution in [0.3, 0.4) is 0 Å². The highest BCUT2D eigenvalue weighted by Gasteiger charge is 2.18. The topological polar surface area (TPSA) is 113 Å². The van der Waals surface area contributed by atoms with Crippen LogP contribution < -0.4 is 15.4 Å². The van der Waals surface area contributed by atoms with E-state index in [0.717, 1.165) is 5.52 Å². The Morgan fingerprint density at radius 3 is 2.17 bits per heavy atom. The smallest absolute Gasteiger partial charge is 0.325 e. The fraction of sp³-hybridized carbons (Fsp3) is 0.273. The number of para-hydroxylation sites is 2. The van der Waals surface area contributed by atoms with Crippen LogP contribution in [0.4, 0.5) is 5.82 Å². The molecule has 0 spiro atoms. The van der Waals surface area contributed by atoms with Gasteiger partial charge in [-0.15, -0.1) is 0 Å². The van der Waals surface area contributed by atoms with Gasteiger partial charge in [-0.3, -0.25) is 9.59 Å². The number of rotatable bonds is 6. The number of nitrogens with zero attached hydrogens (tertiary/aromatic N) is 2. The van der Waals surface area contributed by atoms with Crippen LogP contribution in [0.5, 0.6) is 11.6 Å². The van der Waals surface area contributed by atoms with Crippen molar-refractivity contribution in [3.63, 3.8) is 0 Å². The van der Waals surface area contributed by atoms with Crippen molar-refractivity contribution in [3.05, 3.63) is 54.1 Å². The molecule has 8 nitrogen and oxygen atoms in total. The molecule has 156 valence electrons. The average molecular weight is 408 g/mol. The molecule has 1 amide bonds. The van der Waals surface area contributed by atoms with Crippen LogP contribution in [0.25, 0.3) is 11.0 Å². The van der Waals surface area contributed by atoms with Crippen molar-refractivity contribution >= 4 is 28.7 Å². The van der Waals surface area contributed by atoms with Gasteiger partial charge >= 0.3 is 5.97 Å². The zero-order valence-corrected chi connectivity index (χ0v) is 17.3. The van der Waals surface area contributed by atoms with Gasteiger partial charge in [0.05, 0.1) is 11.0 Å². The summed E-state index contributed by atoms with van der Waals surface area (Å²) in [5.41, 5.74) is 1.52. The number of aromatic nitrogens is 2. The first-order chi connectivity index (χ1) is 14.1.